The first-order valence-electron chi connectivity index (χ1n) is 0.651. The van der Waals surface area contributed by atoms with Gasteiger partial charge in [-0.25, -0.2) is 4.79 Å². The zero-order valence-corrected chi connectivity index (χ0v) is 2.51. The Morgan fingerprint density at radius 1 is 1.33 bits per heavy atom. The second-order valence-electron chi connectivity index (χ2n) is 0.283. The van der Waals surface area contributed by atoms with Crippen LogP contribution in [0.25, 0.3) is 0 Å². The Morgan fingerprint density at radius 3 is 1.33 bits per heavy atom. The molecule has 0 aromatic rings. The molecule has 0 fully saturated rings. The molecule has 0 atom stereocenters. The molecule has 0 heterocycles. The highest BCUT2D eigenvalue weighted by Crippen LogP contribution is 1.42. The maximum absolute atomic E-state index is 8.56. The van der Waals surface area contributed by atoms with Crippen molar-refractivity contribution in [1.29, 1.82) is 0 Å². The summed E-state index contributed by atoms with van der Waals surface area (Å²) in [5.74, 6) is 0. The molecule has 6 heavy (non-hydrogen) atoms. The molecule has 0 aliphatic carbocycles. The van der Waals surface area contributed by atoms with E-state index in [0.29, 0.717) is 0 Å². The predicted molar refractivity (Wildman–Crippen MR) is 25.6 cm³/mol. The van der Waals surface area contributed by atoms with Crippen molar-refractivity contribution in [3.63, 3.8) is 0 Å². The third kappa shape index (κ3) is 509. The molecular formula is CH8AlNO3. The lowest BCUT2D eigenvalue weighted by Crippen LogP contribution is -1.81. The molecule has 0 spiro atoms. The molecule has 0 aromatic carbocycles. The summed E-state index contributed by atoms with van der Waals surface area (Å²) in [6.07, 6.45) is -1.83. The van der Waals surface area contributed by atoms with Gasteiger partial charge in [0, 0.05) is 0 Å². The standard InChI is InChI=1S/CH2O3.Al.H3N.3H/c2-1(3)4;;;;;/h(H2,2,3,4);;1H3;;;. The van der Waals surface area contributed by atoms with Crippen LogP contribution >= 0.6 is 0 Å². The number of hydrogen-bond acceptors (Lipinski definition) is 2. The van der Waals surface area contributed by atoms with E-state index in [2.05, 4.69) is 0 Å². The smallest absolute Gasteiger partial charge is 0.450 e. The lowest BCUT2D eigenvalue weighted by Gasteiger charge is -1.60. The summed E-state index contributed by atoms with van der Waals surface area (Å²) in [5.41, 5.74) is 0. The fraction of sp³-hybridized carbons (Fsp3) is 0. The number of hydrogen-bond donors (Lipinski definition) is 3. The van der Waals surface area contributed by atoms with Crippen LogP contribution in [0.5, 0.6) is 0 Å². The molecule has 0 aliphatic rings. The number of rotatable bonds is 0. The van der Waals surface area contributed by atoms with Gasteiger partial charge in [-0.2, -0.15) is 0 Å². The van der Waals surface area contributed by atoms with Gasteiger partial charge in [-0.05, 0) is 0 Å². The van der Waals surface area contributed by atoms with Gasteiger partial charge >= 0.3 is 6.16 Å². The molecule has 0 amide bonds. The molecule has 5 N–H and O–H groups in total. The SMILES string of the molecule is N.O=C(O)O.[AlH3]. The first kappa shape index (κ1) is 17.1. The van der Waals surface area contributed by atoms with E-state index in [1.54, 1.807) is 0 Å². The lowest BCUT2D eigenvalue weighted by molar-refractivity contribution is 0.137. The van der Waals surface area contributed by atoms with Gasteiger partial charge in [0.25, 0.3) is 0 Å². The van der Waals surface area contributed by atoms with Crippen molar-refractivity contribution in [3.8, 4) is 0 Å². The monoisotopic (exact) mass is 109 g/mol. The van der Waals surface area contributed by atoms with E-state index in [1.165, 1.54) is 0 Å². The summed E-state index contributed by atoms with van der Waals surface area (Å²) in [6, 6.07) is 0. The molecule has 0 bridgehead atoms. The van der Waals surface area contributed by atoms with Crippen LogP contribution in [0.3, 0.4) is 0 Å². The van der Waals surface area contributed by atoms with Crippen molar-refractivity contribution in [3.05, 3.63) is 0 Å². The van der Waals surface area contributed by atoms with Crippen LogP contribution in [0.1, 0.15) is 0 Å². The number of carboxylic acid groups (broad SMARTS) is 2. The van der Waals surface area contributed by atoms with Crippen molar-refractivity contribution in [2.24, 2.45) is 0 Å². The normalized spacial score (nSPS) is 4.00. The Bertz CT molecular complexity index is 33.8. The Balaban J connectivity index is -0.0000000450. The van der Waals surface area contributed by atoms with Crippen molar-refractivity contribution < 1.29 is 15.0 Å². The van der Waals surface area contributed by atoms with Gasteiger partial charge < -0.3 is 16.4 Å². The lowest BCUT2D eigenvalue weighted by atomic mass is 11.5. The fourth-order valence-corrected chi connectivity index (χ4v) is 0. The Hall–Kier alpha value is -0.238. The number of carbonyl (C=O) groups is 1. The summed E-state index contributed by atoms with van der Waals surface area (Å²) in [7, 11) is 0. The van der Waals surface area contributed by atoms with Gasteiger partial charge in [0.05, 0.1) is 0 Å². The minimum absolute atomic E-state index is 0. The summed E-state index contributed by atoms with van der Waals surface area (Å²) in [5, 5.41) is 13.9. The highest BCUT2D eigenvalue weighted by molar-refractivity contribution is 5.75. The van der Waals surface area contributed by atoms with Crippen molar-refractivity contribution in [2.45, 2.75) is 0 Å². The highest BCUT2D eigenvalue weighted by Gasteiger charge is 1.70. The molecule has 0 aromatic heterocycles. The minimum Gasteiger partial charge on any atom is -0.450 e. The van der Waals surface area contributed by atoms with E-state index in [4.69, 9.17) is 15.0 Å². The fourth-order valence-electron chi connectivity index (χ4n) is 0. The van der Waals surface area contributed by atoms with E-state index in [9.17, 15) is 0 Å². The molecule has 0 saturated carbocycles. The molecule has 5 heteroatoms. The first-order chi connectivity index (χ1) is 1.73. The largest absolute Gasteiger partial charge is 0.503 e. The summed E-state index contributed by atoms with van der Waals surface area (Å²) in [6.45, 7) is 0. The van der Waals surface area contributed by atoms with E-state index >= 15 is 0 Å². The summed E-state index contributed by atoms with van der Waals surface area (Å²) in [4.78, 5) is 8.56. The molecule has 38 valence electrons. The topological polar surface area (TPSA) is 92.5 Å². The Morgan fingerprint density at radius 2 is 1.33 bits per heavy atom. The Kier molecular flexibility index (Phi) is 25.2. The third-order valence-corrected chi connectivity index (χ3v) is 0. The summed E-state index contributed by atoms with van der Waals surface area (Å²) >= 11 is 0. The average molecular weight is 109 g/mol. The second-order valence-corrected chi connectivity index (χ2v) is 0.283. The van der Waals surface area contributed by atoms with Crippen LogP contribution in [-0.2, 0) is 0 Å². The molecule has 0 rings (SSSR count). The molecule has 0 radical (unpaired) electrons. The zero-order valence-electron chi connectivity index (χ0n) is 2.51. The third-order valence-electron chi connectivity index (χ3n) is 0. The van der Waals surface area contributed by atoms with Crippen LogP contribution in [0.2, 0.25) is 0 Å². The minimum atomic E-state index is -1.83. The molecule has 0 aliphatic heterocycles. The van der Waals surface area contributed by atoms with E-state index in [0.717, 1.165) is 0 Å². The van der Waals surface area contributed by atoms with Crippen LogP contribution in [-0.4, -0.2) is 33.7 Å². The van der Waals surface area contributed by atoms with Crippen LogP contribution in [0.4, 0.5) is 4.79 Å². The maximum atomic E-state index is 8.56. The highest BCUT2D eigenvalue weighted by atomic mass is 27.0. The van der Waals surface area contributed by atoms with Crippen LogP contribution in [0, 0.1) is 0 Å². The molecule has 0 saturated heterocycles. The predicted octanol–water partition coefficient (Wildman–Crippen LogP) is -0.800. The van der Waals surface area contributed by atoms with E-state index < -0.39 is 6.16 Å². The Labute approximate surface area is 45.5 Å². The van der Waals surface area contributed by atoms with Gasteiger partial charge in [-0.15, -0.1) is 0 Å². The molecular weight excluding hydrogens is 101 g/mol. The molecule has 0 unspecified atom stereocenters. The maximum Gasteiger partial charge on any atom is 0.503 e. The quantitative estimate of drug-likeness (QED) is 0.355. The van der Waals surface area contributed by atoms with Crippen molar-refractivity contribution >= 4 is 23.5 Å². The van der Waals surface area contributed by atoms with Gasteiger partial charge in [0.15, 0.2) is 17.4 Å². The van der Waals surface area contributed by atoms with Crippen LogP contribution < -0.4 is 6.15 Å². The van der Waals surface area contributed by atoms with Gasteiger partial charge in [-0.1, -0.05) is 0 Å². The van der Waals surface area contributed by atoms with E-state index in [-0.39, 0.29) is 23.5 Å². The average Bonchev–Trinajstić information content (AvgIpc) is 0.811. The zero-order chi connectivity index (χ0) is 3.58. The van der Waals surface area contributed by atoms with Crippen molar-refractivity contribution in [1.82, 2.24) is 6.15 Å². The second kappa shape index (κ2) is 8.83. The van der Waals surface area contributed by atoms with Gasteiger partial charge in [0.1, 0.15) is 0 Å². The van der Waals surface area contributed by atoms with E-state index in [1.807, 2.05) is 0 Å². The van der Waals surface area contributed by atoms with Gasteiger partial charge in [0.2, 0.25) is 0 Å². The van der Waals surface area contributed by atoms with Crippen molar-refractivity contribution in [2.75, 3.05) is 0 Å². The summed E-state index contributed by atoms with van der Waals surface area (Å²) < 4.78 is 0. The van der Waals surface area contributed by atoms with Crippen LogP contribution in [0.15, 0.2) is 0 Å². The first-order valence-corrected chi connectivity index (χ1v) is 0.651. The van der Waals surface area contributed by atoms with Gasteiger partial charge in [-0.3, -0.25) is 0 Å². The molecule has 4 nitrogen and oxygen atoms in total.